The molecule has 1 fully saturated rings. The smallest absolute Gasteiger partial charge is 0.407 e. The molecule has 0 aliphatic carbocycles. The molecule has 3 rings (SSSR count). The molecular weight excluding hydrogens is 303 g/mol. The van der Waals surface area contributed by atoms with Gasteiger partial charge in [-0.25, -0.2) is 9.18 Å². The van der Waals surface area contributed by atoms with Gasteiger partial charge in [-0.2, -0.15) is 0 Å². The molecule has 8 heteroatoms. The summed E-state index contributed by atoms with van der Waals surface area (Å²) in [6, 6.07) is 5.04. The highest BCUT2D eigenvalue weighted by Crippen LogP contribution is 2.17. The summed E-state index contributed by atoms with van der Waals surface area (Å²) in [5.74, 6) is -0.711. The first kappa shape index (κ1) is 15.3. The maximum absolute atomic E-state index is 13.2. The summed E-state index contributed by atoms with van der Waals surface area (Å²) in [5, 5.41) is 12.4. The summed E-state index contributed by atoms with van der Waals surface area (Å²) in [6.45, 7) is 0.504. The van der Waals surface area contributed by atoms with Crippen molar-refractivity contribution in [3.8, 4) is 0 Å². The van der Waals surface area contributed by atoms with E-state index in [1.807, 2.05) is 0 Å². The minimum absolute atomic E-state index is 0.179. The first-order valence-electron chi connectivity index (χ1n) is 7.26. The Bertz CT molecular complexity index is 760. The number of piperidine rings is 1. The molecule has 2 atom stereocenters. The van der Waals surface area contributed by atoms with Gasteiger partial charge in [0.2, 0.25) is 0 Å². The Morgan fingerprint density at radius 3 is 2.87 bits per heavy atom. The van der Waals surface area contributed by atoms with Crippen LogP contribution in [0.4, 0.5) is 9.18 Å². The zero-order chi connectivity index (χ0) is 16.6. The van der Waals surface area contributed by atoms with Crippen LogP contribution in [0, 0.1) is 5.82 Å². The summed E-state index contributed by atoms with van der Waals surface area (Å²) in [5.41, 5.74) is 6.94. The van der Waals surface area contributed by atoms with Crippen LogP contribution in [0.5, 0.6) is 0 Å². The van der Waals surface area contributed by atoms with E-state index in [0.717, 1.165) is 0 Å². The lowest BCUT2D eigenvalue weighted by Gasteiger charge is -2.35. The number of carbonyl (C=O) groups is 2. The second kappa shape index (κ2) is 5.88. The standard InChI is InChI=1S/C15H17FN4O3/c16-9-1-2-11-8(5-9)6-13(18-11)14(21)19-12-3-4-20(15(22)23)7-10(12)17/h1-2,5-6,10,12,18H,3-4,7,17H2,(H,19,21)(H,22,23). The van der Waals surface area contributed by atoms with Gasteiger partial charge in [0.15, 0.2) is 0 Å². The fourth-order valence-corrected chi connectivity index (χ4v) is 2.81. The minimum Gasteiger partial charge on any atom is -0.465 e. The van der Waals surface area contributed by atoms with Crippen molar-refractivity contribution in [2.45, 2.75) is 18.5 Å². The van der Waals surface area contributed by atoms with Crippen molar-refractivity contribution in [2.75, 3.05) is 13.1 Å². The predicted octanol–water partition coefficient (Wildman–Crippen LogP) is 1.12. The molecule has 2 heterocycles. The van der Waals surface area contributed by atoms with Crippen LogP contribution in [0.2, 0.25) is 0 Å². The molecule has 1 aliphatic rings. The number of aromatic nitrogens is 1. The van der Waals surface area contributed by atoms with Crippen LogP contribution in [0.25, 0.3) is 10.9 Å². The van der Waals surface area contributed by atoms with Crippen LogP contribution >= 0.6 is 0 Å². The molecule has 2 amide bonds. The average Bonchev–Trinajstić information content (AvgIpc) is 2.92. The van der Waals surface area contributed by atoms with E-state index in [0.29, 0.717) is 29.6 Å². The monoisotopic (exact) mass is 320 g/mol. The van der Waals surface area contributed by atoms with Crippen LogP contribution in [0.15, 0.2) is 24.3 Å². The zero-order valence-corrected chi connectivity index (χ0v) is 12.3. The summed E-state index contributed by atoms with van der Waals surface area (Å²) >= 11 is 0. The molecule has 1 saturated heterocycles. The molecule has 1 aromatic carbocycles. The molecule has 1 aromatic heterocycles. The molecule has 0 bridgehead atoms. The normalized spacial score (nSPS) is 21.4. The van der Waals surface area contributed by atoms with E-state index in [9.17, 15) is 14.0 Å². The largest absolute Gasteiger partial charge is 0.465 e. The van der Waals surface area contributed by atoms with E-state index in [2.05, 4.69) is 10.3 Å². The number of benzene rings is 1. The van der Waals surface area contributed by atoms with Gasteiger partial charge in [-0.1, -0.05) is 0 Å². The number of nitrogens with two attached hydrogens (primary N) is 1. The van der Waals surface area contributed by atoms with Crippen LogP contribution in [-0.4, -0.2) is 52.2 Å². The molecule has 5 N–H and O–H groups in total. The fraction of sp³-hybridized carbons (Fsp3) is 0.333. The second-order valence-electron chi connectivity index (χ2n) is 5.68. The Balaban J connectivity index is 1.69. The number of carboxylic acid groups (broad SMARTS) is 1. The van der Waals surface area contributed by atoms with Crippen LogP contribution in [0.1, 0.15) is 16.9 Å². The molecule has 0 radical (unpaired) electrons. The van der Waals surface area contributed by atoms with Crippen molar-refractivity contribution in [1.82, 2.24) is 15.2 Å². The third kappa shape index (κ3) is 3.11. The molecular formula is C15H17FN4O3. The van der Waals surface area contributed by atoms with Gasteiger partial charge >= 0.3 is 6.09 Å². The van der Waals surface area contributed by atoms with E-state index in [1.165, 1.54) is 17.0 Å². The van der Waals surface area contributed by atoms with Gasteiger partial charge in [-0.05, 0) is 30.7 Å². The van der Waals surface area contributed by atoms with E-state index in [4.69, 9.17) is 10.8 Å². The highest BCUT2D eigenvalue weighted by Gasteiger charge is 2.30. The van der Waals surface area contributed by atoms with Gasteiger partial charge in [0.1, 0.15) is 11.5 Å². The Morgan fingerprint density at radius 1 is 1.39 bits per heavy atom. The highest BCUT2D eigenvalue weighted by atomic mass is 19.1. The Labute approximate surface area is 131 Å². The highest BCUT2D eigenvalue weighted by molar-refractivity contribution is 5.98. The number of aromatic amines is 1. The third-order valence-electron chi connectivity index (χ3n) is 4.07. The van der Waals surface area contributed by atoms with Crippen molar-refractivity contribution in [3.63, 3.8) is 0 Å². The van der Waals surface area contributed by atoms with Gasteiger partial charge in [0.25, 0.3) is 5.91 Å². The van der Waals surface area contributed by atoms with E-state index >= 15 is 0 Å². The summed E-state index contributed by atoms with van der Waals surface area (Å²) in [4.78, 5) is 27.4. The number of hydrogen-bond acceptors (Lipinski definition) is 3. The number of rotatable bonds is 2. The lowest BCUT2D eigenvalue weighted by atomic mass is 10.0. The van der Waals surface area contributed by atoms with Gasteiger partial charge in [0.05, 0.1) is 0 Å². The van der Waals surface area contributed by atoms with E-state index in [-0.39, 0.29) is 24.3 Å². The zero-order valence-electron chi connectivity index (χ0n) is 12.3. The number of likely N-dealkylation sites (tertiary alicyclic amines) is 1. The maximum atomic E-state index is 13.2. The Kier molecular flexibility index (Phi) is 3.91. The molecule has 1 aliphatic heterocycles. The second-order valence-corrected chi connectivity index (χ2v) is 5.68. The number of fused-ring (bicyclic) bond motifs is 1. The van der Waals surface area contributed by atoms with Gasteiger partial charge < -0.3 is 26.0 Å². The Morgan fingerprint density at radius 2 is 2.17 bits per heavy atom. The average molecular weight is 320 g/mol. The first-order valence-corrected chi connectivity index (χ1v) is 7.26. The fourth-order valence-electron chi connectivity index (χ4n) is 2.81. The molecule has 23 heavy (non-hydrogen) atoms. The summed E-state index contributed by atoms with van der Waals surface area (Å²) in [6.07, 6.45) is -0.559. The minimum atomic E-state index is -1.01. The number of nitrogens with one attached hydrogen (secondary N) is 2. The van der Waals surface area contributed by atoms with Gasteiger partial charge in [0, 0.05) is 36.1 Å². The van der Waals surface area contributed by atoms with Crippen molar-refractivity contribution >= 4 is 22.9 Å². The first-order chi connectivity index (χ1) is 10.9. The molecule has 7 nitrogen and oxygen atoms in total. The van der Waals surface area contributed by atoms with Crippen LogP contribution in [-0.2, 0) is 0 Å². The van der Waals surface area contributed by atoms with E-state index < -0.39 is 12.1 Å². The van der Waals surface area contributed by atoms with Crippen molar-refractivity contribution in [1.29, 1.82) is 0 Å². The molecule has 122 valence electrons. The lowest BCUT2D eigenvalue weighted by Crippen LogP contribution is -2.58. The Hall–Kier alpha value is -2.61. The topological polar surface area (TPSA) is 111 Å². The maximum Gasteiger partial charge on any atom is 0.407 e. The number of carbonyl (C=O) groups excluding carboxylic acids is 1. The number of amides is 2. The predicted molar refractivity (Wildman–Crippen MR) is 81.7 cm³/mol. The molecule has 0 saturated carbocycles. The number of halogens is 1. The number of H-pyrrole nitrogens is 1. The van der Waals surface area contributed by atoms with Crippen molar-refractivity contribution < 1.29 is 19.1 Å². The molecule has 2 unspecified atom stereocenters. The number of hydrogen-bond donors (Lipinski definition) is 4. The van der Waals surface area contributed by atoms with Crippen LogP contribution < -0.4 is 11.1 Å². The molecule has 0 spiro atoms. The molecule has 2 aromatic rings. The van der Waals surface area contributed by atoms with Crippen LogP contribution in [0.3, 0.4) is 0 Å². The summed E-state index contributed by atoms with van der Waals surface area (Å²) in [7, 11) is 0. The van der Waals surface area contributed by atoms with Crippen molar-refractivity contribution in [3.05, 3.63) is 35.8 Å². The van der Waals surface area contributed by atoms with Gasteiger partial charge in [-0.15, -0.1) is 0 Å². The van der Waals surface area contributed by atoms with Gasteiger partial charge in [-0.3, -0.25) is 4.79 Å². The van der Waals surface area contributed by atoms with E-state index in [1.54, 1.807) is 12.1 Å². The number of nitrogens with zero attached hydrogens (tertiary/aromatic N) is 1. The quantitative estimate of drug-likeness (QED) is 0.664. The SMILES string of the molecule is NC1CN(C(=O)O)CCC1NC(=O)c1cc2cc(F)ccc2[nH]1. The van der Waals surface area contributed by atoms with Crippen molar-refractivity contribution in [2.24, 2.45) is 5.73 Å². The summed E-state index contributed by atoms with van der Waals surface area (Å²) < 4.78 is 13.2. The third-order valence-corrected chi connectivity index (χ3v) is 4.07. The lowest BCUT2D eigenvalue weighted by molar-refractivity contribution is 0.0886.